The number of nitrogens with one attached hydrogen (secondary N) is 1. The summed E-state index contributed by atoms with van der Waals surface area (Å²) in [5.41, 5.74) is 2.24. The highest BCUT2D eigenvalue weighted by Gasteiger charge is 2.30. The second-order valence-electron chi connectivity index (χ2n) is 5.33. The van der Waals surface area contributed by atoms with Crippen molar-refractivity contribution >= 4 is 27.5 Å². The Morgan fingerprint density at radius 2 is 1.88 bits per heavy atom. The molecule has 0 aromatic heterocycles. The predicted octanol–water partition coefficient (Wildman–Crippen LogP) is 3.01. The molecule has 2 aromatic carbocycles. The van der Waals surface area contributed by atoms with Crippen molar-refractivity contribution in [1.29, 1.82) is 0 Å². The monoisotopic (exact) mass is 346 g/mol. The van der Waals surface area contributed by atoms with Crippen molar-refractivity contribution in [3.8, 4) is 0 Å². The quantitative estimate of drug-likeness (QED) is 0.923. The summed E-state index contributed by atoms with van der Waals surface area (Å²) in [5, 5.41) is 2.54. The van der Waals surface area contributed by atoms with Crippen LogP contribution in [0.15, 0.2) is 53.4 Å². The standard InChI is InChI=1S/C17H18N2O4S/c1-2-23-17(20)18-14-7-9-15(10-8-14)24(21,22)19-12-11-13-5-3-4-6-16(13)19/h3-10H,2,11-12H2,1H3,(H,18,20). The Bertz CT molecular complexity index is 847. The first-order valence-electron chi connectivity index (χ1n) is 7.67. The average Bonchev–Trinajstić information content (AvgIpc) is 3.00. The highest BCUT2D eigenvalue weighted by molar-refractivity contribution is 7.92. The van der Waals surface area contributed by atoms with Gasteiger partial charge < -0.3 is 4.74 Å². The zero-order valence-corrected chi connectivity index (χ0v) is 14.0. The van der Waals surface area contributed by atoms with E-state index in [1.54, 1.807) is 19.1 Å². The number of fused-ring (bicyclic) bond motifs is 1. The number of hydrogen-bond donors (Lipinski definition) is 1. The van der Waals surface area contributed by atoms with Gasteiger partial charge in [0.15, 0.2) is 0 Å². The molecule has 7 heteroatoms. The van der Waals surface area contributed by atoms with Crippen LogP contribution in [0.3, 0.4) is 0 Å². The van der Waals surface area contributed by atoms with E-state index in [2.05, 4.69) is 5.32 Å². The normalized spacial score (nSPS) is 13.5. The number of hydrogen-bond acceptors (Lipinski definition) is 4. The number of sulfonamides is 1. The molecule has 24 heavy (non-hydrogen) atoms. The number of ether oxygens (including phenoxy) is 1. The van der Waals surface area contributed by atoms with Crippen LogP contribution in [0.1, 0.15) is 12.5 Å². The molecule has 1 N–H and O–H groups in total. The van der Waals surface area contributed by atoms with Gasteiger partial charge in [-0.15, -0.1) is 0 Å². The summed E-state index contributed by atoms with van der Waals surface area (Å²) in [5.74, 6) is 0. The van der Waals surface area contributed by atoms with Crippen LogP contribution in [0, 0.1) is 0 Å². The minimum Gasteiger partial charge on any atom is -0.450 e. The van der Waals surface area contributed by atoms with E-state index in [0.717, 1.165) is 11.3 Å². The van der Waals surface area contributed by atoms with Crippen LogP contribution < -0.4 is 9.62 Å². The SMILES string of the molecule is CCOC(=O)Nc1ccc(S(=O)(=O)N2CCc3ccccc32)cc1. The average molecular weight is 346 g/mol. The van der Waals surface area contributed by atoms with Crippen LogP contribution in [0.25, 0.3) is 0 Å². The largest absolute Gasteiger partial charge is 0.450 e. The van der Waals surface area contributed by atoms with E-state index in [1.165, 1.54) is 16.4 Å². The van der Waals surface area contributed by atoms with Crippen molar-refractivity contribution in [3.63, 3.8) is 0 Å². The summed E-state index contributed by atoms with van der Waals surface area (Å²) in [6.45, 7) is 2.42. The van der Waals surface area contributed by atoms with Crippen molar-refractivity contribution in [1.82, 2.24) is 0 Å². The van der Waals surface area contributed by atoms with Crippen molar-refractivity contribution < 1.29 is 17.9 Å². The molecular formula is C17H18N2O4S. The highest BCUT2D eigenvalue weighted by atomic mass is 32.2. The van der Waals surface area contributed by atoms with Gasteiger partial charge in [-0.3, -0.25) is 9.62 Å². The number of carbonyl (C=O) groups is 1. The third-order valence-electron chi connectivity index (χ3n) is 3.81. The smallest absolute Gasteiger partial charge is 0.411 e. The number of amides is 1. The fraction of sp³-hybridized carbons (Fsp3) is 0.235. The number of benzene rings is 2. The first-order valence-corrected chi connectivity index (χ1v) is 9.11. The Hall–Kier alpha value is -2.54. The van der Waals surface area contributed by atoms with E-state index < -0.39 is 16.1 Å². The Labute approximate surface area is 141 Å². The molecule has 1 amide bonds. The molecule has 0 unspecified atom stereocenters. The molecule has 0 fully saturated rings. The molecule has 2 aromatic rings. The molecule has 6 nitrogen and oxygen atoms in total. The van der Waals surface area contributed by atoms with Crippen LogP contribution in [-0.4, -0.2) is 27.7 Å². The maximum Gasteiger partial charge on any atom is 0.411 e. The predicted molar refractivity (Wildman–Crippen MR) is 91.8 cm³/mol. The van der Waals surface area contributed by atoms with E-state index in [1.807, 2.05) is 24.3 Å². The first-order chi connectivity index (χ1) is 11.5. The second kappa shape index (κ2) is 6.52. The fourth-order valence-electron chi connectivity index (χ4n) is 2.68. The molecule has 0 radical (unpaired) electrons. The number of nitrogens with zero attached hydrogens (tertiary/aromatic N) is 1. The van der Waals surface area contributed by atoms with Gasteiger partial charge in [0.05, 0.1) is 17.2 Å². The zero-order chi connectivity index (χ0) is 17.2. The lowest BCUT2D eigenvalue weighted by atomic mass is 10.2. The Morgan fingerprint density at radius 3 is 2.58 bits per heavy atom. The molecule has 1 heterocycles. The summed E-state index contributed by atoms with van der Waals surface area (Å²) in [6, 6.07) is 13.6. The molecule has 0 saturated heterocycles. The van der Waals surface area contributed by atoms with Crippen LogP contribution in [0.5, 0.6) is 0 Å². The van der Waals surface area contributed by atoms with Gasteiger partial charge in [0.2, 0.25) is 0 Å². The maximum atomic E-state index is 12.8. The third-order valence-corrected chi connectivity index (χ3v) is 5.64. The maximum absolute atomic E-state index is 12.8. The van der Waals surface area contributed by atoms with E-state index in [9.17, 15) is 13.2 Å². The van der Waals surface area contributed by atoms with Gasteiger partial charge >= 0.3 is 6.09 Å². The van der Waals surface area contributed by atoms with Gasteiger partial charge in [-0.2, -0.15) is 0 Å². The lowest BCUT2D eigenvalue weighted by Gasteiger charge is -2.19. The zero-order valence-electron chi connectivity index (χ0n) is 13.2. The van der Waals surface area contributed by atoms with Crippen molar-refractivity contribution in [2.45, 2.75) is 18.2 Å². The van der Waals surface area contributed by atoms with E-state index in [0.29, 0.717) is 18.7 Å². The number of anilines is 2. The van der Waals surface area contributed by atoms with Gasteiger partial charge in [-0.1, -0.05) is 18.2 Å². The molecule has 126 valence electrons. The Morgan fingerprint density at radius 1 is 1.17 bits per heavy atom. The van der Waals surface area contributed by atoms with Crippen LogP contribution in [0.2, 0.25) is 0 Å². The molecular weight excluding hydrogens is 328 g/mol. The minimum absolute atomic E-state index is 0.189. The van der Waals surface area contributed by atoms with E-state index in [4.69, 9.17) is 4.74 Å². The molecule has 0 spiro atoms. The lowest BCUT2D eigenvalue weighted by molar-refractivity contribution is 0.168. The summed E-state index contributed by atoms with van der Waals surface area (Å²) in [7, 11) is -3.62. The van der Waals surface area contributed by atoms with Gasteiger partial charge in [-0.05, 0) is 49.2 Å². The second-order valence-corrected chi connectivity index (χ2v) is 7.19. The van der Waals surface area contributed by atoms with Crippen LogP contribution in [-0.2, 0) is 21.2 Å². The summed E-state index contributed by atoms with van der Waals surface area (Å²) < 4.78 is 31.9. The van der Waals surface area contributed by atoms with E-state index >= 15 is 0 Å². The van der Waals surface area contributed by atoms with Crippen LogP contribution in [0.4, 0.5) is 16.2 Å². The Balaban J connectivity index is 1.82. The van der Waals surface area contributed by atoms with Gasteiger partial charge in [-0.25, -0.2) is 13.2 Å². The summed E-state index contributed by atoms with van der Waals surface area (Å²) in [4.78, 5) is 11.6. The number of rotatable bonds is 4. The molecule has 0 bridgehead atoms. The van der Waals surface area contributed by atoms with Crippen molar-refractivity contribution in [2.75, 3.05) is 22.8 Å². The molecule has 0 aliphatic carbocycles. The molecule has 1 aliphatic heterocycles. The topological polar surface area (TPSA) is 75.7 Å². The van der Waals surface area contributed by atoms with Crippen molar-refractivity contribution in [2.24, 2.45) is 0 Å². The van der Waals surface area contributed by atoms with E-state index in [-0.39, 0.29) is 11.5 Å². The number of para-hydroxylation sites is 1. The van der Waals surface area contributed by atoms with Gasteiger partial charge in [0.25, 0.3) is 10.0 Å². The molecule has 0 saturated carbocycles. The summed E-state index contributed by atoms with van der Waals surface area (Å²) >= 11 is 0. The summed E-state index contributed by atoms with van der Waals surface area (Å²) in [6.07, 6.45) is 0.138. The molecule has 3 rings (SSSR count). The van der Waals surface area contributed by atoms with Gasteiger partial charge in [0.1, 0.15) is 0 Å². The fourth-order valence-corrected chi connectivity index (χ4v) is 4.18. The lowest BCUT2D eigenvalue weighted by Crippen LogP contribution is -2.29. The Kier molecular flexibility index (Phi) is 4.44. The first kappa shape index (κ1) is 16.3. The third kappa shape index (κ3) is 3.07. The highest BCUT2D eigenvalue weighted by Crippen LogP contribution is 2.32. The van der Waals surface area contributed by atoms with Crippen molar-refractivity contribution in [3.05, 3.63) is 54.1 Å². The van der Waals surface area contributed by atoms with Crippen LogP contribution >= 0.6 is 0 Å². The minimum atomic E-state index is -3.62. The number of carbonyl (C=O) groups excluding carboxylic acids is 1. The molecule has 0 atom stereocenters. The van der Waals surface area contributed by atoms with Gasteiger partial charge in [0, 0.05) is 12.2 Å². The molecule has 1 aliphatic rings.